The van der Waals surface area contributed by atoms with E-state index < -0.39 is 5.97 Å². The van der Waals surface area contributed by atoms with Crippen LogP contribution in [0.25, 0.3) is 0 Å². The second-order valence-electron chi connectivity index (χ2n) is 3.33. The van der Waals surface area contributed by atoms with Crippen molar-refractivity contribution in [2.24, 2.45) is 0 Å². The van der Waals surface area contributed by atoms with Crippen molar-refractivity contribution >= 4 is 11.9 Å². The molecule has 4 nitrogen and oxygen atoms in total. The van der Waals surface area contributed by atoms with Crippen LogP contribution in [0, 0.1) is 0 Å². The van der Waals surface area contributed by atoms with E-state index in [4.69, 9.17) is 0 Å². The summed E-state index contributed by atoms with van der Waals surface area (Å²) < 4.78 is 0. The molecule has 0 saturated heterocycles. The van der Waals surface area contributed by atoms with Crippen molar-refractivity contribution < 1.29 is 14.7 Å². The number of carbonyl (C=O) groups excluding carboxylic acids is 2. The first kappa shape index (κ1) is 12.0. The molecule has 1 aromatic rings. The molecule has 84 valence electrons. The third-order valence-electron chi connectivity index (χ3n) is 2.00. The van der Waals surface area contributed by atoms with E-state index in [2.05, 4.69) is 0 Å². The lowest BCUT2D eigenvalue weighted by Crippen LogP contribution is -2.25. The summed E-state index contributed by atoms with van der Waals surface area (Å²) in [6, 6.07) is 9.44. The molecular weight excluding hydrogens is 206 g/mol. The van der Waals surface area contributed by atoms with Crippen LogP contribution in [-0.2, 0) is 16.1 Å². The van der Waals surface area contributed by atoms with Gasteiger partial charge in [-0.15, -0.1) is 0 Å². The van der Waals surface area contributed by atoms with Crippen LogP contribution in [0.5, 0.6) is 0 Å². The van der Waals surface area contributed by atoms with Gasteiger partial charge in [0, 0.05) is 19.7 Å². The fourth-order valence-corrected chi connectivity index (χ4v) is 1.20. The first-order chi connectivity index (χ1) is 7.59. The van der Waals surface area contributed by atoms with E-state index >= 15 is 0 Å². The molecule has 0 spiro atoms. The smallest absolute Gasteiger partial charge is 0.246 e. The van der Waals surface area contributed by atoms with E-state index in [1.807, 2.05) is 30.3 Å². The van der Waals surface area contributed by atoms with Crippen LogP contribution in [0.3, 0.4) is 0 Å². The van der Waals surface area contributed by atoms with Gasteiger partial charge in [0.2, 0.25) is 5.91 Å². The third-order valence-corrected chi connectivity index (χ3v) is 2.00. The maximum Gasteiger partial charge on any atom is 0.246 e. The first-order valence-electron chi connectivity index (χ1n) is 4.77. The van der Waals surface area contributed by atoms with Crippen LogP contribution in [0.2, 0.25) is 0 Å². The Kier molecular flexibility index (Phi) is 4.27. The molecule has 16 heavy (non-hydrogen) atoms. The molecule has 0 aliphatic carbocycles. The molecule has 0 radical (unpaired) electrons. The van der Waals surface area contributed by atoms with Crippen LogP contribution in [0.15, 0.2) is 42.5 Å². The molecule has 0 fully saturated rings. The second kappa shape index (κ2) is 5.70. The lowest BCUT2D eigenvalue weighted by atomic mass is 10.2. The highest BCUT2D eigenvalue weighted by molar-refractivity contribution is 5.93. The Morgan fingerprint density at radius 3 is 2.44 bits per heavy atom. The number of aliphatic carboxylic acids is 1. The lowest BCUT2D eigenvalue weighted by molar-refractivity contribution is -0.297. The fraction of sp³-hybridized carbons (Fsp3) is 0.167. The van der Waals surface area contributed by atoms with Crippen molar-refractivity contribution in [1.29, 1.82) is 0 Å². The van der Waals surface area contributed by atoms with E-state index in [0.717, 1.165) is 17.7 Å². The van der Waals surface area contributed by atoms with Gasteiger partial charge in [-0.1, -0.05) is 30.3 Å². The summed E-state index contributed by atoms with van der Waals surface area (Å²) in [7, 11) is 1.61. The SMILES string of the molecule is CN(Cc1ccccc1)C(=O)C=CC(=O)[O-]. The van der Waals surface area contributed by atoms with E-state index in [1.54, 1.807) is 7.05 Å². The zero-order chi connectivity index (χ0) is 12.0. The van der Waals surface area contributed by atoms with Gasteiger partial charge in [0.1, 0.15) is 0 Å². The van der Waals surface area contributed by atoms with E-state index in [-0.39, 0.29) is 5.91 Å². The number of hydrogen-bond donors (Lipinski definition) is 0. The Labute approximate surface area is 93.8 Å². The minimum Gasteiger partial charge on any atom is -0.545 e. The van der Waals surface area contributed by atoms with Crippen molar-refractivity contribution in [2.75, 3.05) is 7.05 Å². The normalized spacial score (nSPS) is 10.3. The van der Waals surface area contributed by atoms with E-state index in [1.165, 1.54) is 4.90 Å². The topological polar surface area (TPSA) is 60.4 Å². The van der Waals surface area contributed by atoms with E-state index in [0.29, 0.717) is 6.54 Å². The first-order valence-corrected chi connectivity index (χ1v) is 4.77. The van der Waals surface area contributed by atoms with Gasteiger partial charge in [-0.25, -0.2) is 0 Å². The fourth-order valence-electron chi connectivity index (χ4n) is 1.20. The zero-order valence-electron chi connectivity index (χ0n) is 8.92. The molecule has 0 aliphatic rings. The molecular formula is C12H12NO3-. The molecule has 0 aromatic heterocycles. The van der Waals surface area contributed by atoms with Crippen LogP contribution >= 0.6 is 0 Å². The summed E-state index contributed by atoms with van der Waals surface area (Å²) in [5, 5.41) is 10.1. The largest absolute Gasteiger partial charge is 0.545 e. The summed E-state index contributed by atoms with van der Waals surface area (Å²) in [4.78, 5) is 22.9. The molecule has 4 heteroatoms. The minimum absolute atomic E-state index is 0.368. The molecule has 0 aliphatic heterocycles. The number of amides is 1. The zero-order valence-corrected chi connectivity index (χ0v) is 8.92. The number of likely N-dealkylation sites (N-methyl/N-ethyl adjacent to an activating group) is 1. The number of benzene rings is 1. The quantitative estimate of drug-likeness (QED) is 0.666. The van der Waals surface area contributed by atoms with Gasteiger partial charge in [0.15, 0.2) is 0 Å². The Hall–Kier alpha value is -2.10. The van der Waals surface area contributed by atoms with Crippen LogP contribution in [-0.4, -0.2) is 23.8 Å². The summed E-state index contributed by atoms with van der Waals surface area (Å²) in [5.41, 5.74) is 0.986. The van der Waals surface area contributed by atoms with E-state index in [9.17, 15) is 14.7 Å². The molecule has 1 amide bonds. The van der Waals surface area contributed by atoms with Crippen LogP contribution in [0.4, 0.5) is 0 Å². The van der Waals surface area contributed by atoms with Crippen molar-refractivity contribution in [2.45, 2.75) is 6.54 Å². The molecule has 0 atom stereocenters. The van der Waals surface area contributed by atoms with Gasteiger partial charge in [-0.05, 0) is 11.6 Å². The predicted molar refractivity (Wildman–Crippen MR) is 57.1 cm³/mol. The Bertz CT molecular complexity index is 398. The number of nitrogens with zero attached hydrogens (tertiary/aromatic N) is 1. The van der Waals surface area contributed by atoms with Crippen molar-refractivity contribution in [1.82, 2.24) is 4.90 Å². The number of hydrogen-bond acceptors (Lipinski definition) is 3. The Morgan fingerprint density at radius 2 is 1.88 bits per heavy atom. The summed E-state index contributed by atoms with van der Waals surface area (Å²) in [6.07, 6.45) is 1.71. The molecule has 0 N–H and O–H groups in total. The molecule has 1 aromatic carbocycles. The van der Waals surface area contributed by atoms with Gasteiger partial charge in [0.25, 0.3) is 0 Å². The average Bonchev–Trinajstić information content (AvgIpc) is 2.27. The van der Waals surface area contributed by atoms with Gasteiger partial charge >= 0.3 is 0 Å². The van der Waals surface area contributed by atoms with Gasteiger partial charge < -0.3 is 14.8 Å². The van der Waals surface area contributed by atoms with Gasteiger partial charge in [-0.3, -0.25) is 4.79 Å². The Balaban J connectivity index is 2.56. The van der Waals surface area contributed by atoms with Gasteiger partial charge in [-0.2, -0.15) is 0 Å². The number of carboxylic acid groups (broad SMARTS) is 1. The molecule has 0 saturated carbocycles. The number of carboxylic acids is 1. The highest BCUT2D eigenvalue weighted by atomic mass is 16.4. The summed E-state index contributed by atoms with van der Waals surface area (Å²) in [6.45, 7) is 0.442. The lowest BCUT2D eigenvalue weighted by Gasteiger charge is -2.14. The highest BCUT2D eigenvalue weighted by Crippen LogP contribution is 2.02. The predicted octanol–water partition coefficient (Wildman–Crippen LogP) is -0.0489. The highest BCUT2D eigenvalue weighted by Gasteiger charge is 2.04. The molecule has 0 bridgehead atoms. The van der Waals surface area contributed by atoms with Crippen molar-refractivity contribution in [3.63, 3.8) is 0 Å². The number of carbonyl (C=O) groups is 2. The standard InChI is InChI=1S/C12H13NO3/c1-13(11(14)7-8-12(15)16)9-10-5-3-2-4-6-10/h2-8H,9H2,1H3,(H,15,16)/p-1. The third kappa shape index (κ3) is 3.96. The Morgan fingerprint density at radius 1 is 1.25 bits per heavy atom. The maximum atomic E-state index is 11.4. The van der Waals surface area contributed by atoms with Crippen LogP contribution < -0.4 is 5.11 Å². The minimum atomic E-state index is -1.37. The second-order valence-corrected chi connectivity index (χ2v) is 3.33. The summed E-state index contributed by atoms with van der Waals surface area (Å²) in [5.74, 6) is -1.74. The summed E-state index contributed by atoms with van der Waals surface area (Å²) >= 11 is 0. The number of rotatable bonds is 4. The van der Waals surface area contributed by atoms with Crippen molar-refractivity contribution in [3.05, 3.63) is 48.0 Å². The molecule has 0 heterocycles. The molecule has 0 unspecified atom stereocenters. The van der Waals surface area contributed by atoms with Gasteiger partial charge in [0.05, 0.1) is 5.97 Å². The maximum absolute atomic E-state index is 11.4. The van der Waals surface area contributed by atoms with Crippen LogP contribution in [0.1, 0.15) is 5.56 Å². The average molecular weight is 218 g/mol. The van der Waals surface area contributed by atoms with Crippen molar-refractivity contribution in [3.8, 4) is 0 Å². The monoisotopic (exact) mass is 218 g/mol. The molecule has 1 rings (SSSR count).